The van der Waals surface area contributed by atoms with E-state index in [0.29, 0.717) is 19.6 Å². The van der Waals surface area contributed by atoms with Gasteiger partial charge >= 0.3 is 0 Å². The molecule has 5 heteroatoms. The highest BCUT2D eigenvalue weighted by Crippen LogP contribution is 2.42. The number of hydrogen-bond donors (Lipinski definition) is 1. The van der Waals surface area contributed by atoms with Crippen molar-refractivity contribution >= 4 is 11.6 Å². The average molecular weight is 416 g/mol. The first-order valence-corrected chi connectivity index (χ1v) is 11.1. The summed E-state index contributed by atoms with van der Waals surface area (Å²) in [5.41, 5.74) is 5.56. The quantitative estimate of drug-likeness (QED) is 0.674. The van der Waals surface area contributed by atoms with Crippen LogP contribution in [-0.2, 0) is 16.8 Å². The maximum atomic E-state index is 13.2. The van der Waals surface area contributed by atoms with Crippen molar-refractivity contribution in [2.45, 2.75) is 38.6 Å². The van der Waals surface area contributed by atoms with Crippen LogP contribution in [0.15, 0.2) is 60.8 Å². The van der Waals surface area contributed by atoms with Gasteiger partial charge in [0.1, 0.15) is 5.75 Å². The molecule has 3 aromatic rings. The summed E-state index contributed by atoms with van der Waals surface area (Å²) in [4.78, 5) is 15.2. The van der Waals surface area contributed by atoms with Crippen LogP contribution in [0.3, 0.4) is 0 Å². The second-order valence-electron chi connectivity index (χ2n) is 8.66. The number of piperidine rings is 1. The van der Waals surface area contributed by atoms with Gasteiger partial charge in [0, 0.05) is 19.3 Å². The lowest BCUT2D eigenvalue weighted by Gasteiger charge is -2.47. The van der Waals surface area contributed by atoms with E-state index >= 15 is 0 Å². The van der Waals surface area contributed by atoms with Gasteiger partial charge in [0.2, 0.25) is 5.91 Å². The van der Waals surface area contributed by atoms with Crippen LogP contribution in [0, 0.1) is 6.92 Å². The minimum absolute atomic E-state index is 0.179. The Labute approximate surface area is 183 Å². The zero-order chi connectivity index (χ0) is 21.4. The highest BCUT2D eigenvalue weighted by Gasteiger charge is 2.43. The van der Waals surface area contributed by atoms with E-state index in [1.165, 1.54) is 16.9 Å². The van der Waals surface area contributed by atoms with Gasteiger partial charge in [-0.15, -0.1) is 0 Å². The van der Waals surface area contributed by atoms with Gasteiger partial charge in [0.15, 0.2) is 0 Å². The second kappa shape index (κ2) is 7.80. The van der Waals surface area contributed by atoms with E-state index in [1.807, 2.05) is 36.1 Å². The molecule has 1 amide bonds. The maximum absolute atomic E-state index is 13.2. The lowest BCUT2D eigenvalue weighted by Crippen LogP contribution is -2.54. The van der Waals surface area contributed by atoms with Crippen LogP contribution >= 0.6 is 0 Å². The summed E-state index contributed by atoms with van der Waals surface area (Å²) in [5.74, 6) is 1.02. The average Bonchev–Trinajstić information content (AvgIpc) is 3.27. The molecule has 0 aliphatic carbocycles. The summed E-state index contributed by atoms with van der Waals surface area (Å²) in [7, 11) is 0. The highest BCUT2D eigenvalue weighted by molar-refractivity contribution is 5.79. The molecule has 0 bridgehead atoms. The van der Waals surface area contributed by atoms with Crippen molar-refractivity contribution in [2.24, 2.45) is 0 Å². The molecular weight excluding hydrogens is 386 g/mol. The molecule has 1 N–H and O–H groups in total. The fourth-order valence-electron chi connectivity index (χ4n) is 5.00. The number of likely N-dealkylation sites (tertiary alicyclic amines) is 1. The molecule has 1 aromatic heterocycles. The standard InChI is InChI=1S/C26H29N3O2/c1-3-31-21-10-8-20(9-11-21)17-25(30)28-14-5-13-26(18-28)24-6-4-15-29(24)23-12-7-19(2)16-22(23)27-26/h4,6-12,15-16,27H,3,5,13-14,17-18H2,1-2H3. The van der Waals surface area contributed by atoms with E-state index < -0.39 is 0 Å². The van der Waals surface area contributed by atoms with Gasteiger partial charge in [-0.25, -0.2) is 0 Å². The smallest absolute Gasteiger partial charge is 0.227 e. The van der Waals surface area contributed by atoms with Crippen LogP contribution < -0.4 is 10.1 Å². The number of nitrogens with one attached hydrogen (secondary N) is 1. The lowest BCUT2D eigenvalue weighted by molar-refractivity contribution is -0.132. The van der Waals surface area contributed by atoms with Crippen LogP contribution in [0.1, 0.15) is 36.6 Å². The number of rotatable bonds is 4. The maximum Gasteiger partial charge on any atom is 0.227 e. The monoisotopic (exact) mass is 415 g/mol. The summed E-state index contributed by atoms with van der Waals surface area (Å²) in [6.45, 7) is 6.22. The summed E-state index contributed by atoms with van der Waals surface area (Å²) < 4.78 is 7.80. The third-order valence-corrected chi connectivity index (χ3v) is 6.46. The Bertz CT molecular complexity index is 1100. The first-order valence-electron chi connectivity index (χ1n) is 11.1. The summed E-state index contributed by atoms with van der Waals surface area (Å²) >= 11 is 0. The normalized spacial score (nSPS) is 19.5. The molecule has 2 aliphatic rings. The number of amides is 1. The summed E-state index contributed by atoms with van der Waals surface area (Å²) in [6, 6.07) is 18.7. The highest BCUT2D eigenvalue weighted by atomic mass is 16.5. The van der Waals surface area contributed by atoms with E-state index in [1.54, 1.807) is 0 Å². The largest absolute Gasteiger partial charge is 0.494 e. The Balaban J connectivity index is 1.38. The number of nitrogens with zero attached hydrogens (tertiary/aromatic N) is 2. The molecule has 3 heterocycles. The topological polar surface area (TPSA) is 46.5 Å². The van der Waals surface area contributed by atoms with Gasteiger partial charge in [-0.1, -0.05) is 18.2 Å². The molecule has 160 valence electrons. The number of carbonyl (C=O) groups excluding carboxylic acids is 1. The molecule has 1 saturated heterocycles. The SMILES string of the molecule is CCOc1ccc(CC(=O)N2CCCC3(C2)Nc2cc(C)ccc2-n2cccc23)cc1. The van der Waals surface area contributed by atoms with Crippen LogP contribution in [0.2, 0.25) is 0 Å². The Hall–Kier alpha value is -3.21. The molecule has 5 rings (SSSR count). The van der Waals surface area contributed by atoms with Gasteiger partial charge < -0.3 is 19.5 Å². The molecule has 1 unspecified atom stereocenters. The molecule has 0 saturated carbocycles. The fourth-order valence-corrected chi connectivity index (χ4v) is 5.00. The zero-order valence-electron chi connectivity index (χ0n) is 18.2. The van der Waals surface area contributed by atoms with E-state index in [4.69, 9.17) is 4.74 Å². The Kier molecular flexibility index (Phi) is 4.97. The molecule has 1 fully saturated rings. The van der Waals surface area contributed by atoms with Crippen molar-refractivity contribution in [2.75, 3.05) is 25.0 Å². The van der Waals surface area contributed by atoms with Crippen molar-refractivity contribution in [3.05, 3.63) is 77.6 Å². The Morgan fingerprint density at radius 3 is 2.81 bits per heavy atom. The van der Waals surface area contributed by atoms with E-state index in [2.05, 4.69) is 53.3 Å². The molecule has 0 radical (unpaired) electrons. The van der Waals surface area contributed by atoms with E-state index in [9.17, 15) is 4.79 Å². The van der Waals surface area contributed by atoms with Crippen molar-refractivity contribution in [3.63, 3.8) is 0 Å². The number of fused-ring (bicyclic) bond motifs is 4. The molecule has 2 aromatic carbocycles. The Morgan fingerprint density at radius 2 is 2.00 bits per heavy atom. The third kappa shape index (κ3) is 3.58. The molecular formula is C26H29N3O2. The number of benzene rings is 2. The zero-order valence-corrected chi connectivity index (χ0v) is 18.2. The molecule has 5 nitrogen and oxygen atoms in total. The molecule has 1 spiro atoms. The number of aryl methyl sites for hydroxylation is 1. The number of ether oxygens (including phenoxy) is 1. The lowest BCUT2D eigenvalue weighted by atomic mass is 9.83. The minimum Gasteiger partial charge on any atom is -0.494 e. The predicted molar refractivity (Wildman–Crippen MR) is 123 cm³/mol. The Morgan fingerprint density at radius 1 is 1.16 bits per heavy atom. The number of hydrogen-bond acceptors (Lipinski definition) is 3. The van der Waals surface area contributed by atoms with Crippen LogP contribution in [0.25, 0.3) is 5.69 Å². The van der Waals surface area contributed by atoms with Crippen LogP contribution in [0.4, 0.5) is 5.69 Å². The molecule has 1 atom stereocenters. The second-order valence-corrected chi connectivity index (χ2v) is 8.66. The summed E-state index contributed by atoms with van der Waals surface area (Å²) in [6.07, 6.45) is 4.54. The van der Waals surface area contributed by atoms with Crippen LogP contribution in [-0.4, -0.2) is 35.1 Å². The van der Waals surface area contributed by atoms with E-state index in [-0.39, 0.29) is 11.4 Å². The first kappa shape index (κ1) is 19.7. The number of carbonyl (C=O) groups is 1. The van der Waals surface area contributed by atoms with Gasteiger partial charge in [-0.05, 0) is 74.2 Å². The predicted octanol–water partition coefficient (Wildman–Crippen LogP) is 4.67. The van der Waals surface area contributed by atoms with Gasteiger partial charge in [0.05, 0.1) is 35.6 Å². The van der Waals surface area contributed by atoms with Crippen molar-refractivity contribution in [1.82, 2.24) is 9.47 Å². The number of anilines is 1. The first-order chi connectivity index (χ1) is 15.1. The third-order valence-electron chi connectivity index (χ3n) is 6.46. The minimum atomic E-state index is -0.253. The fraction of sp³-hybridized carbons (Fsp3) is 0.346. The van der Waals surface area contributed by atoms with Crippen molar-refractivity contribution in [1.29, 1.82) is 0 Å². The van der Waals surface area contributed by atoms with Crippen LogP contribution in [0.5, 0.6) is 5.75 Å². The summed E-state index contributed by atoms with van der Waals surface area (Å²) in [5, 5.41) is 3.83. The molecule has 31 heavy (non-hydrogen) atoms. The number of aromatic nitrogens is 1. The molecule has 2 aliphatic heterocycles. The van der Waals surface area contributed by atoms with Crippen molar-refractivity contribution in [3.8, 4) is 11.4 Å². The van der Waals surface area contributed by atoms with E-state index in [0.717, 1.165) is 36.4 Å². The van der Waals surface area contributed by atoms with Gasteiger partial charge in [-0.2, -0.15) is 0 Å². The van der Waals surface area contributed by atoms with Crippen molar-refractivity contribution < 1.29 is 9.53 Å². The van der Waals surface area contributed by atoms with Gasteiger partial charge in [-0.3, -0.25) is 4.79 Å². The van der Waals surface area contributed by atoms with Gasteiger partial charge in [0.25, 0.3) is 0 Å².